The lowest BCUT2D eigenvalue weighted by molar-refractivity contribution is -0.0649. The first-order valence-electron chi connectivity index (χ1n) is 8.43. The number of rotatable bonds is 5. The van der Waals surface area contributed by atoms with Crippen LogP contribution < -0.4 is 4.74 Å². The molecule has 2 aromatic rings. The van der Waals surface area contributed by atoms with Crippen molar-refractivity contribution < 1.29 is 23.8 Å². The lowest BCUT2D eigenvalue weighted by Gasteiger charge is -2.31. The zero-order valence-electron chi connectivity index (χ0n) is 15.0. The molecule has 0 bridgehead atoms. The predicted molar refractivity (Wildman–Crippen MR) is 95.6 cm³/mol. The third-order valence-electron chi connectivity index (χ3n) is 4.88. The molecule has 0 saturated carbocycles. The first-order valence-corrected chi connectivity index (χ1v) is 8.43. The Morgan fingerprint density at radius 3 is 2.54 bits per heavy atom. The molecule has 0 amide bonds. The van der Waals surface area contributed by atoms with Crippen LogP contribution in [0.5, 0.6) is 11.5 Å². The minimum Gasteiger partial charge on any atom is -0.457 e. The molecule has 1 heterocycles. The van der Waals surface area contributed by atoms with Crippen LogP contribution in [0.25, 0.3) is 0 Å². The number of hydrogen-bond donors (Lipinski definition) is 1. The minimum atomic E-state index is -0.682. The lowest BCUT2D eigenvalue weighted by atomic mass is 9.87. The van der Waals surface area contributed by atoms with E-state index in [4.69, 9.17) is 19.4 Å². The van der Waals surface area contributed by atoms with E-state index >= 15 is 0 Å². The van der Waals surface area contributed by atoms with Crippen LogP contribution in [0.4, 0.5) is 4.39 Å². The van der Waals surface area contributed by atoms with Gasteiger partial charge in [0.2, 0.25) is 0 Å². The molecule has 1 saturated heterocycles. The van der Waals surface area contributed by atoms with E-state index in [1.807, 2.05) is 6.92 Å². The number of benzene rings is 2. The van der Waals surface area contributed by atoms with Crippen LogP contribution in [0.15, 0.2) is 47.6 Å². The molecule has 2 unspecified atom stereocenters. The minimum absolute atomic E-state index is 0.179. The van der Waals surface area contributed by atoms with E-state index in [1.54, 1.807) is 44.4 Å². The Morgan fingerprint density at radius 1 is 1.23 bits per heavy atom. The summed E-state index contributed by atoms with van der Waals surface area (Å²) in [6, 6.07) is 11.6. The van der Waals surface area contributed by atoms with Crippen LogP contribution in [-0.4, -0.2) is 30.7 Å². The Kier molecular flexibility index (Phi) is 5.25. The predicted octanol–water partition coefficient (Wildman–Crippen LogP) is 4.47. The first-order chi connectivity index (χ1) is 12.5. The van der Waals surface area contributed by atoms with E-state index in [0.29, 0.717) is 35.8 Å². The summed E-state index contributed by atoms with van der Waals surface area (Å²) in [5.74, 6) is 0.543. The van der Waals surface area contributed by atoms with Gasteiger partial charge in [0.1, 0.15) is 22.9 Å². The molecule has 1 fully saturated rings. The van der Waals surface area contributed by atoms with Gasteiger partial charge in [0.05, 0.1) is 18.4 Å². The van der Waals surface area contributed by atoms with Gasteiger partial charge < -0.3 is 19.4 Å². The molecule has 1 aliphatic rings. The molecule has 5 nitrogen and oxygen atoms in total. The molecule has 1 aliphatic heterocycles. The molecule has 138 valence electrons. The van der Waals surface area contributed by atoms with Crippen LogP contribution in [0.3, 0.4) is 0 Å². The van der Waals surface area contributed by atoms with Gasteiger partial charge in [0.15, 0.2) is 0 Å². The van der Waals surface area contributed by atoms with Crippen LogP contribution in [0, 0.1) is 5.82 Å². The molecule has 3 rings (SSSR count). The Morgan fingerprint density at radius 2 is 1.96 bits per heavy atom. The number of hydrogen-bond acceptors (Lipinski definition) is 5. The fourth-order valence-corrected chi connectivity index (χ4v) is 3.31. The number of methoxy groups -OCH3 is 1. The van der Waals surface area contributed by atoms with Gasteiger partial charge in [-0.25, -0.2) is 4.39 Å². The molecule has 6 heteroatoms. The molecule has 0 aliphatic carbocycles. The molecule has 2 atom stereocenters. The SMILES string of the molecule is COC1(c2cc(F)cc(Oc3ccc(C(C)=NO)cc3)c2)CCOC1C. The molecule has 0 spiro atoms. The standard InChI is InChI=1S/C20H22FNO4/c1-13(22-23)15-4-6-18(7-5-15)26-19-11-16(10-17(21)12-19)20(24-3)8-9-25-14(20)2/h4-7,10-12,14,23H,8-9H2,1-3H3. The smallest absolute Gasteiger partial charge is 0.130 e. The van der Waals surface area contributed by atoms with Gasteiger partial charge in [-0.2, -0.15) is 0 Å². The molecule has 1 N–H and O–H groups in total. The normalized spacial score (nSPS) is 23.2. The van der Waals surface area contributed by atoms with E-state index in [1.165, 1.54) is 12.1 Å². The lowest BCUT2D eigenvalue weighted by Crippen LogP contribution is -2.35. The summed E-state index contributed by atoms with van der Waals surface area (Å²) in [6.07, 6.45) is 0.476. The van der Waals surface area contributed by atoms with Crippen molar-refractivity contribution in [2.24, 2.45) is 5.16 Å². The summed E-state index contributed by atoms with van der Waals surface area (Å²) in [4.78, 5) is 0. The van der Waals surface area contributed by atoms with Gasteiger partial charge in [0.25, 0.3) is 0 Å². The molecule has 0 aromatic heterocycles. The van der Waals surface area contributed by atoms with Crippen LogP contribution in [0.2, 0.25) is 0 Å². The van der Waals surface area contributed by atoms with Crippen LogP contribution in [0.1, 0.15) is 31.4 Å². The van der Waals surface area contributed by atoms with Crippen molar-refractivity contribution in [3.8, 4) is 11.5 Å². The van der Waals surface area contributed by atoms with Gasteiger partial charge >= 0.3 is 0 Å². The largest absolute Gasteiger partial charge is 0.457 e. The Labute approximate surface area is 152 Å². The maximum atomic E-state index is 14.2. The monoisotopic (exact) mass is 359 g/mol. The average Bonchev–Trinajstić information content (AvgIpc) is 3.03. The maximum absolute atomic E-state index is 14.2. The topological polar surface area (TPSA) is 60.3 Å². The van der Waals surface area contributed by atoms with Crippen molar-refractivity contribution >= 4 is 5.71 Å². The third-order valence-corrected chi connectivity index (χ3v) is 4.88. The van der Waals surface area contributed by atoms with Crippen molar-refractivity contribution in [3.63, 3.8) is 0 Å². The Hall–Kier alpha value is -2.44. The number of ether oxygens (including phenoxy) is 3. The van der Waals surface area contributed by atoms with Gasteiger partial charge in [-0.3, -0.25) is 0 Å². The highest BCUT2D eigenvalue weighted by Gasteiger charge is 2.44. The second-order valence-corrected chi connectivity index (χ2v) is 6.34. The van der Waals surface area contributed by atoms with Crippen molar-refractivity contribution in [2.45, 2.75) is 32.0 Å². The van der Waals surface area contributed by atoms with Crippen LogP contribution in [-0.2, 0) is 15.1 Å². The van der Waals surface area contributed by atoms with Crippen LogP contribution >= 0.6 is 0 Å². The second kappa shape index (κ2) is 7.43. The maximum Gasteiger partial charge on any atom is 0.130 e. The molecular weight excluding hydrogens is 337 g/mol. The van der Waals surface area contributed by atoms with Crippen molar-refractivity contribution in [1.82, 2.24) is 0 Å². The van der Waals surface area contributed by atoms with E-state index in [-0.39, 0.29) is 6.10 Å². The fourth-order valence-electron chi connectivity index (χ4n) is 3.31. The first kappa shape index (κ1) is 18.4. The van der Waals surface area contributed by atoms with E-state index in [2.05, 4.69) is 5.16 Å². The second-order valence-electron chi connectivity index (χ2n) is 6.34. The average molecular weight is 359 g/mol. The third kappa shape index (κ3) is 3.43. The van der Waals surface area contributed by atoms with Gasteiger partial charge in [0, 0.05) is 19.6 Å². The highest BCUT2D eigenvalue weighted by Crippen LogP contribution is 2.41. The summed E-state index contributed by atoms with van der Waals surface area (Å²) in [5, 5.41) is 12.0. The number of oxime groups is 1. The number of halogens is 1. The fraction of sp³-hybridized carbons (Fsp3) is 0.350. The van der Waals surface area contributed by atoms with Gasteiger partial charge in [-0.15, -0.1) is 0 Å². The van der Waals surface area contributed by atoms with E-state index in [9.17, 15) is 4.39 Å². The van der Waals surface area contributed by atoms with E-state index in [0.717, 1.165) is 5.56 Å². The Balaban J connectivity index is 1.89. The summed E-state index contributed by atoms with van der Waals surface area (Å²) >= 11 is 0. The molecular formula is C20H22FNO4. The van der Waals surface area contributed by atoms with Gasteiger partial charge in [-0.1, -0.05) is 5.16 Å². The summed E-state index contributed by atoms with van der Waals surface area (Å²) in [6.45, 7) is 4.18. The van der Waals surface area contributed by atoms with Crippen molar-refractivity contribution in [3.05, 3.63) is 59.4 Å². The Bertz CT molecular complexity index is 806. The van der Waals surface area contributed by atoms with Gasteiger partial charge in [-0.05, 0) is 61.4 Å². The molecule has 26 heavy (non-hydrogen) atoms. The van der Waals surface area contributed by atoms with Crippen molar-refractivity contribution in [2.75, 3.05) is 13.7 Å². The molecule has 2 aromatic carbocycles. The van der Waals surface area contributed by atoms with E-state index < -0.39 is 11.4 Å². The quantitative estimate of drug-likeness (QED) is 0.486. The summed E-state index contributed by atoms with van der Waals surface area (Å²) in [5.41, 5.74) is 1.29. The number of nitrogens with zero attached hydrogens (tertiary/aromatic N) is 1. The zero-order chi connectivity index (χ0) is 18.7. The zero-order valence-corrected chi connectivity index (χ0v) is 15.0. The summed E-state index contributed by atoms with van der Waals surface area (Å²) < 4.78 is 31.4. The highest BCUT2D eigenvalue weighted by molar-refractivity contribution is 5.98. The highest BCUT2D eigenvalue weighted by atomic mass is 19.1. The molecule has 0 radical (unpaired) electrons. The summed E-state index contributed by atoms with van der Waals surface area (Å²) in [7, 11) is 1.61. The van der Waals surface area contributed by atoms with Crippen molar-refractivity contribution in [1.29, 1.82) is 0 Å².